The summed E-state index contributed by atoms with van der Waals surface area (Å²) in [5.74, 6) is 1.45. The topological polar surface area (TPSA) is 132 Å². The number of nitrogens with zero attached hydrogens (tertiary/aromatic N) is 5. The molecule has 0 radical (unpaired) electrons. The van der Waals surface area contributed by atoms with Crippen molar-refractivity contribution in [2.45, 2.75) is 37.8 Å². The Labute approximate surface area is 208 Å². The van der Waals surface area contributed by atoms with E-state index in [1.807, 2.05) is 59.3 Å². The summed E-state index contributed by atoms with van der Waals surface area (Å²) >= 11 is 0. The normalized spacial score (nSPS) is 17.3. The van der Waals surface area contributed by atoms with Gasteiger partial charge < -0.3 is 15.8 Å². The molecule has 5 rings (SSSR count). The van der Waals surface area contributed by atoms with E-state index in [0.717, 1.165) is 53.8 Å². The first kappa shape index (κ1) is 23.1. The number of rotatable bonds is 6. The number of fused-ring (bicyclic) bond motifs is 1. The Morgan fingerprint density at radius 2 is 1.75 bits per heavy atom. The Morgan fingerprint density at radius 1 is 1.06 bits per heavy atom. The third kappa shape index (κ3) is 4.61. The summed E-state index contributed by atoms with van der Waals surface area (Å²) in [5, 5.41) is 17.4. The molecule has 9 nitrogen and oxygen atoms in total. The number of anilines is 1. The van der Waals surface area contributed by atoms with Gasteiger partial charge in [-0.25, -0.2) is 14.6 Å². The van der Waals surface area contributed by atoms with Crippen LogP contribution in [-0.2, 0) is 4.79 Å². The van der Waals surface area contributed by atoms with Crippen LogP contribution < -0.4 is 15.8 Å². The van der Waals surface area contributed by atoms with Crippen molar-refractivity contribution < 1.29 is 9.53 Å². The molecule has 0 unspecified atom stereocenters. The highest BCUT2D eigenvalue weighted by atomic mass is 16.5. The molecule has 180 valence electrons. The van der Waals surface area contributed by atoms with E-state index in [0.29, 0.717) is 11.5 Å². The van der Waals surface area contributed by atoms with Crippen molar-refractivity contribution >= 4 is 22.8 Å². The van der Waals surface area contributed by atoms with Crippen LogP contribution in [0, 0.1) is 11.3 Å². The fourth-order valence-corrected chi connectivity index (χ4v) is 4.55. The summed E-state index contributed by atoms with van der Waals surface area (Å²) in [7, 11) is 0. The van der Waals surface area contributed by atoms with E-state index < -0.39 is 5.91 Å². The molecule has 4 aromatic rings. The van der Waals surface area contributed by atoms with E-state index in [4.69, 9.17) is 20.8 Å². The van der Waals surface area contributed by atoms with Gasteiger partial charge in [0.2, 0.25) is 0 Å². The van der Waals surface area contributed by atoms with Gasteiger partial charge >= 0.3 is 0 Å². The van der Waals surface area contributed by atoms with Crippen molar-refractivity contribution in [3.05, 3.63) is 73.1 Å². The van der Waals surface area contributed by atoms with Crippen LogP contribution in [0.3, 0.4) is 0 Å². The van der Waals surface area contributed by atoms with Crippen molar-refractivity contribution in [2.75, 3.05) is 5.73 Å². The van der Waals surface area contributed by atoms with Gasteiger partial charge in [-0.1, -0.05) is 24.8 Å². The fourth-order valence-electron chi connectivity index (χ4n) is 4.55. The lowest BCUT2D eigenvalue weighted by molar-refractivity contribution is -0.118. The molecule has 36 heavy (non-hydrogen) atoms. The van der Waals surface area contributed by atoms with Crippen molar-refractivity contribution in [2.24, 2.45) is 0 Å². The molecular formula is C27H25N7O2. The van der Waals surface area contributed by atoms with Gasteiger partial charge in [0.1, 0.15) is 41.0 Å². The van der Waals surface area contributed by atoms with Crippen molar-refractivity contribution in [3.63, 3.8) is 0 Å². The lowest BCUT2D eigenvalue weighted by atomic mass is 9.91. The second kappa shape index (κ2) is 9.88. The second-order valence-electron chi connectivity index (χ2n) is 8.76. The number of hydrogen-bond acceptors (Lipinski definition) is 7. The average Bonchev–Trinajstić information content (AvgIpc) is 3.30. The highest BCUT2D eigenvalue weighted by molar-refractivity contribution is 5.98. The summed E-state index contributed by atoms with van der Waals surface area (Å²) in [4.78, 5) is 20.7. The SMILES string of the molecule is C=C(C#N)C(=O)NC1CCC(n2nc(-c3ccc(Oc4ccccc4)cc3)c3c(N)ncnc32)CC1. The Bertz CT molecular complexity index is 1450. The van der Waals surface area contributed by atoms with Gasteiger partial charge in [0.15, 0.2) is 5.65 Å². The van der Waals surface area contributed by atoms with E-state index in [1.165, 1.54) is 6.33 Å². The third-order valence-electron chi connectivity index (χ3n) is 6.41. The van der Waals surface area contributed by atoms with Crippen molar-refractivity contribution in [1.29, 1.82) is 5.26 Å². The predicted octanol–water partition coefficient (Wildman–Crippen LogP) is 4.55. The summed E-state index contributed by atoms with van der Waals surface area (Å²) in [5.41, 5.74) is 8.49. The van der Waals surface area contributed by atoms with Crippen LogP contribution in [0.4, 0.5) is 5.82 Å². The zero-order valence-electron chi connectivity index (χ0n) is 19.6. The summed E-state index contributed by atoms with van der Waals surface area (Å²) in [6, 6.07) is 19.2. The molecule has 0 atom stereocenters. The number of nitrogens with two attached hydrogens (primary N) is 1. The zero-order chi connectivity index (χ0) is 25.1. The molecule has 2 aromatic carbocycles. The van der Waals surface area contributed by atoms with E-state index in [-0.39, 0.29) is 17.7 Å². The number of benzene rings is 2. The number of ether oxygens (including phenoxy) is 1. The smallest absolute Gasteiger partial charge is 0.261 e. The Balaban J connectivity index is 1.38. The molecule has 2 heterocycles. The van der Waals surface area contributed by atoms with Crippen molar-refractivity contribution in [1.82, 2.24) is 25.1 Å². The Kier molecular flexibility index (Phi) is 6.33. The van der Waals surface area contributed by atoms with Crippen LogP contribution in [0.1, 0.15) is 31.7 Å². The number of amides is 1. The molecule has 0 saturated heterocycles. The van der Waals surface area contributed by atoms with E-state index in [1.54, 1.807) is 6.07 Å². The molecule has 3 N–H and O–H groups in total. The molecule has 0 aliphatic heterocycles. The van der Waals surface area contributed by atoms with Crippen LogP contribution in [0.2, 0.25) is 0 Å². The van der Waals surface area contributed by atoms with Gasteiger partial charge in [-0.3, -0.25) is 4.79 Å². The third-order valence-corrected chi connectivity index (χ3v) is 6.41. The van der Waals surface area contributed by atoms with E-state index in [9.17, 15) is 4.79 Å². The highest BCUT2D eigenvalue weighted by Crippen LogP contribution is 2.36. The second-order valence-corrected chi connectivity index (χ2v) is 8.76. The average molecular weight is 480 g/mol. The number of nitrogens with one attached hydrogen (secondary N) is 1. The molecule has 0 spiro atoms. The fraction of sp³-hybridized carbons (Fsp3) is 0.222. The maximum absolute atomic E-state index is 12.0. The predicted molar refractivity (Wildman–Crippen MR) is 136 cm³/mol. The van der Waals surface area contributed by atoms with E-state index >= 15 is 0 Å². The molecule has 1 aliphatic rings. The number of para-hydroxylation sites is 1. The minimum absolute atomic E-state index is 0.00278. The molecule has 1 fully saturated rings. The lowest BCUT2D eigenvalue weighted by Crippen LogP contribution is -2.38. The Morgan fingerprint density at radius 3 is 2.44 bits per heavy atom. The maximum Gasteiger partial charge on any atom is 0.261 e. The largest absolute Gasteiger partial charge is 0.457 e. The van der Waals surface area contributed by atoms with Crippen LogP contribution in [0.5, 0.6) is 11.5 Å². The first-order chi connectivity index (χ1) is 17.5. The number of hydrogen-bond donors (Lipinski definition) is 2. The monoisotopic (exact) mass is 479 g/mol. The summed E-state index contributed by atoms with van der Waals surface area (Å²) < 4.78 is 7.85. The number of nitrogen functional groups attached to an aromatic ring is 1. The molecule has 1 amide bonds. The number of nitriles is 1. The Hall–Kier alpha value is -4.71. The minimum atomic E-state index is -0.409. The van der Waals surface area contributed by atoms with Gasteiger partial charge in [-0.2, -0.15) is 10.4 Å². The summed E-state index contributed by atoms with van der Waals surface area (Å²) in [6.07, 6.45) is 4.58. The molecule has 9 heteroatoms. The van der Waals surface area contributed by atoms with Crippen LogP contribution in [-0.4, -0.2) is 31.7 Å². The lowest BCUT2D eigenvalue weighted by Gasteiger charge is -2.29. The van der Waals surface area contributed by atoms with Crippen molar-refractivity contribution in [3.8, 4) is 28.8 Å². The van der Waals surface area contributed by atoms with Gasteiger partial charge in [-0.15, -0.1) is 0 Å². The molecule has 1 saturated carbocycles. The minimum Gasteiger partial charge on any atom is -0.457 e. The van der Waals surface area contributed by atoms with E-state index in [2.05, 4.69) is 21.9 Å². The first-order valence-electron chi connectivity index (χ1n) is 11.8. The molecule has 1 aliphatic carbocycles. The number of carbonyl (C=O) groups excluding carboxylic acids is 1. The molecule has 0 bridgehead atoms. The van der Waals surface area contributed by atoms with Crippen LogP contribution in [0.15, 0.2) is 73.1 Å². The summed E-state index contributed by atoms with van der Waals surface area (Å²) in [6.45, 7) is 3.48. The highest BCUT2D eigenvalue weighted by Gasteiger charge is 2.28. The molecule has 2 aromatic heterocycles. The van der Waals surface area contributed by atoms with Crippen LogP contribution in [0.25, 0.3) is 22.3 Å². The van der Waals surface area contributed by atoms with Gasteiger partial charge in [0, 0.05) is 11.6 Å². The standard InChI is InChI=1S/C27H25N7O2/c1-17(15-28)27(35)32-19-9-11-20(12-10-19)34-26-23(25(29)30-16-31-26)24(33-34)18-7-13-22(14-8-18)36-21-5-3-2-4-6-21/h2-8,13-14,16,19-20H,1,9-12H2,(H,32,35)(H2,29,30,31). The van der Waals surface area contributed by atoms with Gasteiger partial charge in [0.05, 0.1) is 11.4 Å². The molecular weight excluding hydrogens is 454 g/mol. The number of aromatic nitrogens is 4. The quantitative estimate of drug-likeness (QED) is 0.306. The van der Waals surface area contributed by atoms with Gasteiger partial charge in [0.25, 0.3) is 5.91 Å². The zero-order valence-corrected chi connectivity index (χ0v) is 19.6. The van der Waals surface area contributed by atoms with Gasteiger partial charge in [-0.05, 0) is 62.1 Å². The number of carbonyl (C=O) groups is 1. The first-order valence-corrected chi connectivity index (χ1v) is 11.8. The van der Waals surface area contributed by atoms with Crippen LogP contribution >= 0.6 is 0 Å². The maximum atomic E-state index is 12.0.